The van der Waals surface area contributed by atoms with Crippen LogP contribution in [-0.4, -0.2) is 10.1 Å². The van der Waals surface area contributed by atoms with E-state index in [2.05, 4.69) is 5.16 Å². The molecule has 0 radical (unpaired) electrons. The summed E-state index contributed by atoms with van der Waals surface area (Å²) >= 11 is 0. The van der Waals surface area contributed by atoms with Crippen molar-refractivity contribution in [2.45, 2.75) is 13.8 Å². The Labute approximate surface area is 104 Å². The Balaban J connectivity index is 2.32. The van der Waals surface area contributed by atoms with Crippen molar-refractivity contribution >= 4 is 17.8 Å². The van der Waals surface area contributed by atoms with Crippen LogP contribution < -0.4 is 0 Å². The second-order valence-corrected chi connectivity index (χ2v) is 3.98. The molecule has 0 bridgehead atoms. The Morgan fingerprint density at radius 1 is 1.33 bits per heavy atom. The van der Waals surface area contributed by atoms with Gasteiger partial charge >= 0.3 is 5.69 Å². The Kier molecular flexibility index (Phi) is 3.23. The number of nitro groups is 1. The van der Waals surface area contributed by atoms with E-state index >= 15 is 0 Å². The molecular weight excluding hydrogens is 232 g/mol. The number of rotatable bonds is 3. The molecule has 1 aromatic carbocycles. The highest BCUT2D eigenvalue weighted by atomic mass is 16.6. The first-order valence-corrected chi connectivity index (χ1v) is 5.43. The number of benzene rings is 1. The lowest BCUT2D eigenvalue weighted by molar-refractivity contribution is -0.386. The van der Waals surface area contributed by atoms with Gasteiger partial charge in [0, 0.05) is 6.92 Å². The predicted octanol–water partition coefficient (Wildman–Crippen LogP) is 3.37. The second kappa shape index (κ2) is 4.83. The fraction of sp³-hybridized carbons (Fsp3) is 0.154. The summed E-state index contributed by atoms with van der Waals surface area (Å²) < 4.78 is 4.83. The molecule has 1 heterocycles. The molecule has 5 nitrogen and oxygen atoms in total. The van der Waals surface area contributed by atoms with E-state index in [1.165, 1.54) is 6.92 Å². The molecule has 1 aromatic heterocycles. The molecule has 2 rings (SSSR count). The maximum Gasteiger partial charge on any atom is 0.338 e. The SMILES string of the molecule is Cc1cccc(C=Cc2noc(C)c2[N+](=O)[O-])c1. The van der Waals surface area contributed by atoms with E-state index in [1.807, 2.05) is 31.2 Å². The molecule has 92 valence electrons. The van der Waals surface area contributed by atoms with Crippen LogP contribution in [0.25, 0.3) is 12.2 Å². The van der Waals surface area contributed by atoms with Gasteiger partial charge in [0.2, 0.25) is 5.76 Å². The van der Waals surface area contributed by atoms with Crippen LogP contribution >= 0.6 is 0 Å². The topological polar surface area (TPSA) is 69.2 Å². The average Bonchev–Trinajstić information content (AvgIpc) is 2.68. The lowest BCUT2D eigenvalue weighted by Crippen LogP contribution is -1.90. The van der Waals surface area contributed by atoms with Gasteiger partial charge in [-0.3, -0.25) is 10.1 Å². The van der Waals surface area contributed by atoms with Crippen molar-refractivity contribution in [2.24, 2.45) is 0 Å². The second-order valence-electron chi connectivity index (χ2n) is 3.98. The van der Waals surface area contributed by atoms with E-state index in [0.29, 0.717) is 0 Å². The van der Waals surface area contributed by atoms with E-state index in [0.717, 1.165) is 11.1 Å². The molecule has 0 fully saturated rings. The average molecular weight is 244 g/mol. The number of nitrogens with zero attached hydrogens (tertiary/aromatic N) is 2. The van der Waals surface area contributed by atoms with Crippen molar-refractivity contribution in [3.8, 4) is 0 Å². The third-order valence-corrected chi connectivity index (χ3v) is 2.52. The standard InChI is InChI=1S/C13H12N2O3/c1-9-4-3-5-11(8-9)6-7-12-13(15(16)17)10(2)18-14-12/h3-8H,1-2H3. The normalized spacial score (nSPS) is 11.0. The molecule has 0 aliphatic carbocycles. The molecule has 0 amide bonds. The minimum atomic E-state index is -0.484. The van der Waals surface area contributed by atoms with Crippen molar-refractivity contribution in [2.75, 3.05) is 0 Å². The van der Waals surface area contributed by atoms with Gasteiger partial charge in [0.25, 0.3) is 0 Å². The first-order chi connectivity index (χ1) is 8.58. The lowest BCUT2D eigenvalue weighted by atomic mass is 10.1. The fourth-order valence-corrected chi connectivity index (χ4v) is 1.66. The summed E-state index contributed by atoms with van der Waals surface area (Å²) in [4.78, 5) is 10.4. The van der Waals surface area contributed by atoms with Crippen molar-refractivity contribution in [1.82, 2.24) is 5.16 Å². The lowest BCUT2D eigenvalue weighted by Gasteiger charge is -1.94. The molecule has 18 heavy (non-hydrogen) atoms. The molecular formula is C13H12N2O3. The monoisotopic (exact) mass is 244 g/mol. The van der Waals surface area contributed by atoms with Gasteiger partial charge in [-0.05, 0) is 18.6 Å². The van der Waals surface area contributed by atoms with Crippen LogP contribution in [0.4, 0.5) is 5.69 Å². The summed E-state index contributed by atoms with van der Waals surface area (Å²) in [5.74, 6) is 0.212. The number of aryl methyl sites for hydroxylation is 2. The zero-order valence-electron chi connectivity index (χ0n) is 10.1. The molecule has 0 N–H and O–H groups in total. The summed E-state index contributed by atoms with van der Waals surface area (Å²) in [5.41, 5.74) is 2.24. The van der Waals surface area contributed by atoms with Crippen molar-refractivity contribution in [1.29, 1.82) is 0 Å². The highest BCUT2D eigenvalue weighted by Gasteiger charge is 2.21. The van der Waals surface area contributed by atoms with E-state index in [4.69, 9.17) is 4.52 Å². The van der Waals surface area contributed by atoms with Crippen LogP contribution in [0.3, 0.4) is 0 Å². The summed E-state index contributed by atoms with van der Waals surface area (Å²) in [5, 5.41) is 14.5. The first-order valence-electron chi connectivity index (χ1n) is 5.43. The number of hydrogen-bond donors (Lipinski definition) is 0. The zero-order valence-corrected chi connectivity index (χ0v) is 10.1. The van der Waals surface area contributed by atoms with Crippen molar-refractivity contribution < 1.29 is 9.45 Å². The number of aromatic nitrogens is 1. The minimum absolute atomic E-state index is 0.0843. The Morgan fingerprint density at radius 2 is 2.11 bits per heavy atom. The maximum atomic E-state index is 10.8. The molecule has 0 unspecified atom stereocenters. The summed E-state index contributed by atoms with van der Waals surface area (Å²) in [7, 11) is 0. The highest BCUT2D eigenvalue weighted by Crippen LogP contribution is 2.24. The van der Waals surface area contributed by atoms with Gasteiger partial charge in [-0.2, -0.15) is 0 Å². The minimum Gasteiger partial charge on any atom is -0.354 e. The Morgan fingerprint density at radius 3 is 2.78 bits per heavy atom. The summed E-state index contributed by atoms with van der Waals surface area (Å²) in [6.07, 6.45) is 3.36. The molecule has 5 heteroatoms. The van der Waals surface area contributed by atoms with E-state index < -0.39 is 4.92 Å². The van der Waals surface area contributed by atoms with Gasteiger partial charge in [0.05, 0.1) is 4.92 Å². The molecule has 0 aliphatic heterocycles. The fourth-order valence-electron chi connectivity index (χ4n) is 1.66. The van der Waals surface area contributed by atoms with Crippen molar-refractivity contribution in [3.05, 3.63) is 57.0 Å². The third kappa shape index (κ3) is 2.45. The molecule has 0 saturated heterocycles. The van der Waals surface area contributed by atoms with Crippen LogP contribution in [0.5, 0.6) is 0 Å². The summed E-state index contributed by atoms with van der Waals surface area (Å²) in [6.45, 7) is 3.51. The summed E-state index contributed by atoms with van der Waals surface area (Å²) in [6, 6.07) is 7.81. The molecule has 0 saturated carbocycles. The third-order valence-electron chi connectivity index (χ3n) is 2.52. The molecule has 0 spiro atoms. The Bertz CT molecular complexity index is 614. The van der Waals surface area contributed by atoms with Crippen LogP contribution in [0.2, 0.25) is 0 Å². The van der Waals surface area contributed by atoms with Gasteiger partial charge in [-0.25, -0.2) is 0 Å². The smallest absolute Gasteiger partial charge is 0.338 e. The van der Waals surface area contributed by atoms with Gasteiger partial charge in [-0.15, -0.1) is 0 Å². The Hall–Kier alpha value is -2.43. The van der Waals surface area contributed by atoms with Crippen LogP contribution in [0, 0.1) is 24.0 Å². The molecule has 2 aromatic rings. The largest absolute Gasteiger partial charge is 0.354 e. The van der Waals surface area contributed by atoms with Crippen molar-refractivity contribution in [3.63, 3.8) is 0 Å². The first kappa shape index (κ1) is 12.0. The quantitative estimate of drug-likeness (QED) is 0.613. The van der Waals surface area contributed by atoms with E-state index in [1.54, 1.807) is 12.2 Å². The van der Waals surface area contributed by atoms with E-state index in [-0.39, 0.29) is 17.1 Å². The maximum absolute atomic E-state index is 10.8. The van der Waals surface area contributed by atoms with Gasteiger partial charge in [0.15, 0.2) is 5.69 Å². The number of hydrogen-bond acceptors (Lipinski definition) is 4. The highest BCUT2D eigenvalue weighted by molar-refractivity contribution is 5.72. The molecule has 0 atom stereocenters. The van der Waals surface area contributed by atoms with E-state index in [9.17, 15) is 10.1 Å². The zero-order chi connectivity index (χ0) is 13.1. The predicted molar refractivity (Wildman–Crippen MR) is 68.0 cm³/mol. The van der Waals surface area contributed by atoms with Gasteiger partial charge < -0.3 is 4.52 Å². The van der Waals surface area contributed by atoms with Crippen LogP contribution in [-0.2, 0) is 0 Å². The van der Waals surface area contributed by atoms with Crippen LogP contribution in [0.1, 0.15) is 22.6 Å². The van der Waals surface area contributed by atoms with Gasteiger partial charge in [0.1, 0.15) is 0 Å². The van der Waals surface area contributed by atoms with Crippen LogP contribution in [0.15, 0.2) is 28.8 Å². The molecule has 0 aliphatic rings. The van der Waals surface area contributed by atoms with Gasteiger partial charge in [-0.1, -0.05) is 41.1 Å².